The quantitative estimate of drug-likeness (QED) is 0.881. The van der Waals surface area contributed by atoms with Crippen LogP contribution in [0, 0.1) is 12.8 Å². The maximum Gasteiger partial charge on any atom is 0.228 e. The zero-order valence-electron chi connectivity index (χ0n) is 14.1. The third kappa shape index (κ3) is 4.13. The van der Waals surface area contributed by atoms with Crippen molar-refractivity contribution in [3.63, 3.8) is 0 Å². The highest BCUT2D eigenvalue weighted by molar-refractivity contribution is 5.92. The number of amides is 1. The summed E-state index contributed by atoms with van der Waals surface area (Å²) in [6, 6.07) is 11.8. The predicted molar refractivity (Wildman–Crippen MR) is 95.0 cm³/mol. The van der Waals surface area contributed by atoms with Gasteiger partial charge in [-0.1, -0.05) is 43.5 Å². The van der Waals surface area contributed by atoms with E-state index in [9.17, 15) is 4.79 Å². The molecule has 24 heavy (non-hydrogen) atoms. The smallest absolute Gasteiger partial charge is 0.228 e. The first-order chi connectivity index (χ1) is 11.7. The first kappa shape index (κ1) is 16.5. The lowest BCUT2D eigenvalue weighted by Gasteiger charge is -2.21. The maximum atomic E-state index is 12.4. The zero-order valence-corrected chi connectivity index (χ0v) is 14.1. The molecule has 1 aliphatic rings. The fraction of sp³-hybridized carbons (Fsp3) is 0.400. The van der Waals surface area contributed by atoms with Crippen LogP contribution in [0.15, 0.2) is 42.6 Å². The lowest BCUT2D eigenvalue weighted by Crippen LogP contribution is -2.25. The van der Waals surface area contributed by atoms with E-state index in [1.165, 1.54) is 12.0 Å². The fourth-order valence-corrected chi connectivity index (χ4v) is 3.11. The van der Waals surface area contributed by atoms with Gasteiger partial charge in [-0.15, -0.1) is 0 Å². The summed E-state index contributed by atoms with van der Waals surface area (Å²) in [6.45, 7) is 2.53. The molecule has 3 rings (SSSR count). The highest BCUT2D eigenvalue weighted by Crippen LogP contribution is 2.27. The largest absolute Gasteiger partial charge is 0.485 e. The van der Waals surface area contributed by atoms with Crippen LogP contribution in [0.25, 0.3) is 0 Å². The first-order valence-corrected chi connectivity index (χ1v) is 8.67. The monoisotopic (exact) mass is 324 g/mol. The summed E-state index contributed by atoms with van der Waals surface area (Å²) in [5.41, 5.74) is 2.32. The van der Waals surface area contributed by atoms with Crippen molar-refractivity contribution < 1.29 is 9.53 Å². The Morgan fingerprint density at radius 1 is 1.17 bits per heavy atom. The van der Waals surface area contributed by atoms with E-state index >= 15 is 0 Å². The standard InChI is InChI=1S/C20H24N2O2/c1-15-8-5-6-11-17(15)14-24-18-12-7-13-21-19(18)22-20(23)16-9-3-2-4-10-16/h5-8,11-13,16H,2-4,9-10,14H2,1H3,(H,21,22,23). The number of carbonyl (C=O) groups excluding carboxylic acids is 1. The van der Waals surface area contributed by atoms with Crippen molar-refractivity contribution in [2.45, 2.75) is 45.6 Å². The van der Waals surface area contributed by atoms with Gasteiger partial charge in [0.1, 0.15) is 6.61 Å². The molecule has 126 valence electrons. The second-order valence-corrected chi connectivity index (χ2v) is 6.39. The zero-order chi connectivity index (χ0) is 16.8. The Hall–Kier alpha value is -2.36. The van der Waals surface area contributed by atoms with Gasteiger partial charge in [0, 0.05) is 12.1 Å². The van der Waals surface area contributed by atoms with Gasteiger partial charge in [0.15, 0.2) is 11.6 Å². The molecule has 1 aromatic heterocycles. The molecule has 1 amide bonds. The number of aryl methyl sites for hydroxylation is 1. The minimum atomic E-state index is 0.0640. The molecular weight excluding hydrogens is 300 g/mol. The van der Waals surface area contributed by atoms with Gasteiger partial charge in [-0.2, -0.15) is 0 Å². The van der Waals surface area contributed by atoms with Gasteiger partial charge in [-0.05, 0) is 43.0 Å². The molecule has 1 aromatic carbocycles. The Balaban J connectivity index is 1.66. The molecule has 0 spiro atoms. The predicted octanol–water partition coefficient (Wildman–Crippen LogP) is 4.49. The molecule has 1 heterocycles. The van der Waals surface area contributed by atoms with Gasteiger partial charge in [-0.25, -0.2) is 4.98 Å². The SMILES string of the molecule is Cc1ccccc1COc1cccnc1NC(=O)C1CCCCC1. The second kappa shape index (κ2) is 7.95. The molecule has 0 radical (unpaired) electrons. The van der Waals surface area contributed by atoms with E-state index in [4.69, 9.17) is 4.74 Å². The first-order valence-electron chi connectivity index (χ1n) is 8.67. The van der Waals surface area contributed by atoms with Crippen LogP contribution in [0.5, 0.6) is 5.75 Å². The fourth-order valence-electron chi connectivity index (χ4n) is 3.11. The molecule has 2 aromatic rings. The van der Waals surface area contributed by atoms with Crippen molar-refractivity contribution in [2.24, 2.45) is 5.92 Å². The molecule has 1 fully saturated rings. The van der Waals surface area contributed by atoms with Crippen molar-refractivity contribution in [3.05, 3.63) is 53.7 Å². The Kier molecular flexibility index (Phi) is 5.47. The van der Waals surface area contributed by atoms with Crippen LogP contribution in [0.2, 0.25) is 0 Å². The summed E-state index contributed by atoms with van der Waals surface area (Å²) >= 11 is 0. The molecule has 0 bridgehead atoms. The van der Waals surface area contributed by atoms with Crippen molar-refractivity contribution >= 4 is 11.7 Å². The lowest BCUT2D eigenvalue weighted by molar-refractivity contribution is -0.120. The van der Waals surface area contributed by atoms with Gasteiger partial charge >= 0.3 is 0 Å². The van der Waals surface area contributed by atoms with Gasteiger partial charge in [-0.3, -0.25) is 4.79 Å². The molecule has 0 atom stereocenters. The maximum absolute atomic E-state index is 12.4. The van der Waals surface area contributed by atoms with Crippen LogP contribution in [0.1, 0.15) is 43.2 Å². The van der Waals surface area contributed by atoms with Crippen LogP contribution < -0.4 is 10.1 Å². The van der Waals surface area contributed by atoms with E-state index in [0.717, 1.165) is 31.2 Å². The van der Waals surface area contributed by atoms with Crippen LogP contribution in [0.4, 0.5) is 5.82 Å². The summed E-state index contributed by atoms with van der Waals surface area (Å²) in [7, 11) is 0. The minimum absolute atomic E-state index is 0.0640. The number of anilines is 1. The molecule has 0 saturated heterocycles. The molecule has 1 N–H and O–H groups in total. The van der Waals surface area contributed by atoms with Gasteiger partial charge in [0.25, 0.3) is 0 Å². The van der Waals surface area contributed by atoms with Gasteiger partial charge < -0.3 is 10.1 Å². The van der Waals surface area contributed by atoms with Crippen LogP contribution in [-0.4, -0.2) is 10.9 Å². The number of nitrogens with one attached hydrogen (secondary N) is 1. The Bertz CT molecular complexity index is 694. The van der Waals surface area contributed by atoms with E-state index < -0.39 is 0 Å². The number of carbonyl (C=O) groups is 1. The number of hydrogen-bond donors (Lipinski definition) is 1. The summed E-state index contributed by atoms with van der Waals surface area (Å²) in [4.78, 5) is 16.7. The average molecular weight is 324 g/mol. The number of ether oxygens (including phenoxy) is 1. The summed E-state index contributed by atoms with van der Waals surface area (Å²) in [5.74, 6) is 1.30. The molecule has 1 saturated carbocycles. The minimum Gasteiger partial charge on any atom is -0.485 e. The highest BCUT2D eigenvalue weighted by Gasteiger charge is 2.22. The topological polar surface area (TPSA) is 51.2 Å². The van der Waals surface area contributed by atoms with E-state index in [1.54, 1.807) is 6.20 Å². The molecule has 4 nitrogen and oxygen atoms in total. The summed E-state index contributed by atoms with van der Waals surface area (Å²) in [6.07, 6.45) is 7.12. The Morgan fingerprint density at radius 3 is 2.75 bits per heavy atom. The Morgan fingerprint density at radius 2 is 1.96 bits per heavy atom. The molecule has 1 aliphatic carbocycles. The van der Waals surface area contributed by atoms with Crippen molar-refractivity contribution in [1.82, 2.24) is 4.98 Å². The normalized spacial score (nSPS) is 15.0. The number of rotatable bonds is 5. The highest BCUT2D eigenvalue weighted by atomic mass is 16.5. The van der Waals surface area contributed by atoms with Crippen LogP contribution in [-0.2, 0) is 11.4 Å². The molecular formula is C20H24N2O2. The average Bonchev–Trinajstić information content (AvgIpc) is 2.63. The molecule has 4 heteroatoms. The van der Waals surface area contributed by atoms with E-state index in [1.807, 2.05) is 30.3 Å². The van der Waals surface area contributed by atoms with E-state index in [0.29, 0.717) is 18.2 Å². The Labute approximate surface area is 143 Å². The van der Waals surface area contributed by atoms with Crippen molar-refractivity contribution in [1.29, 1.82) is 0 Å². The summed E-state index contributed by atoms with van der Waals surface area (Å²) in [5, 5.41) is 2.96. The van der Waals surface area contributed by atoms with Crippen molar-refractivity contribution in [2.75, 3.05) is 5.32 Å². The number of pyridine rings is 1. The number of aromatic nitrogens is 1. The van der Waals surface area contributed by atoms with Gasteiger partial charge in [0.2, 0.25) is 5.91 Å². The second-order valence-electron chi connectivity index (χ2n) is 6.39. The third-order valence-corrected chi connectivity index (χ3v) is 4.63. The molecule has 0 unspecified atom stereocenters. The molecule has 0 aliphatic heterocycles. The third-order valence-electron chi connectivity index (χ3n) is 4.63. The van der Waals surface area contributed by atoms with Gasteiger partial charge in [0.05, 0.1) is 0 Å². The van der Waals surface area contributed by atoms with Crippen molar-refractivity contribution in [3.8, 4) is 5.75 Å². The van der Waals surface area contributed by atoms with E-state index in [2.05, 4.69) is 23.3 Å². The van der Waals surface area contributed by atoms with Crippen LogP contribution >= 0.6 is 0 Å². The summed E-state index contributed by atoms with van der Waals surface area (Å²) < 4.78 is 5.92. The lowest BCUT2D eigenvalue weighted by atomic mass is 9.89. The van der Waals surface area contributed by atoms with Crippen LogP contribution in [0.3, 0.4) is 0 Å². The number of benzene rings is 1. The number of nitrogens with zero attached hydrogens (tertiary/aromatic N) is 1. The van der Waals surface area contributed by atoms with E-state index in [-0.39, 0.29) is 11.8 Å². The number of hydrogen-bond acceptors (Lipinski definition) is 3.